The summed E-state index contributed by atoms with van der Waals surface area (Å²) in [6.45, 7) is 3.97. The van der Waals surface area contributed by atoms with Gasteiger partial charge in [-0.15, -0.1) is 0 Å². The molecule has 0 saturated carbocycles. The molecule has 0 aliphatic carbocycles. The molecule has 2 aromatic rings. The highest BCUT2D eigenvalue weighted by atomic mass is 16.2. The first-order chi connectivity index (χ1) is 13.0. The van der Waals surface area contributed by atoms with Gasteiger partial charge in [-0.05, 0) is 36.1 Å². The smallest absolute Gasteiger partial charge is 0.251 e. The molecule has 5 nitrogen and oxygen atoms in total. The molecule has 0 spiro atoms. The fourth-order valence-corrected chi connectivity index (χ4v) is 3.48. The molecule has 2 unspecified atom stereocenters. The van der Waals surface area contributed by atoms with Crippen LogP contribution in [0.2, 0.25) is 0 Å². The summed E-state index contributed by atoms with van der Waals surface area (Å²) in [7, 11) is 0. The highest BCUT2D eigenvalue weighted by molar-refractivity contribution is 5.97. The quantitative estimate of drug-likeness (QED) is 0.824. The van der Waals surface area contributed by atoms with E-state index in [1.165, 1.54) is 0 Å². The first-order valence-electron chi connectivity index (χ1n) is 9.39. The van der Waals surface area contributed by atoms with Crippen molar-refractivity contribution in [2.75, 3.05) is 19.6 Å². The van der Waals surface area contributed by atoms with Crippen molar-refractivity contribution in [3.8, 4) is 0 Å². The van der Waals surface area contributed by atoms with Crippen LogP contribution in [0, 0.1) is 5.41 Å². The molecular weight excluding hydrogens is 338 g/mol. The number of rotatable bonds is 6. The van der Waals surface area contributed by atoms with Gasteiger partial charge in [0, 0.05) is 25.1 Å². The molecule has 1 aliphatic rings. The maximum atomic E-state index is 13.2. The summed E-state index contributed by atoms with van der Waals surface area (Å²) in [5, 5.41) is 2.94. The average Bonchev–Trinajstić information content (AvgIpc) is 3.11. The van der Waals surface area contributed by atoms with Crippen molar-refractivity contribution in [2.24, 2.45) is 11.1 Å². The molecule has 27 heavy (non-hydrogen) atoms. The number of nitrogens with one attached hydrogen (secondary N) is 1. The van der Waals surface area contributed by atoms with Crippen LogP contribution in [0.3, 0.4) is 0 Å². The predicted molar refractivity (Wildman–Crippen MR) is 106 cm³/mol. The lowest BCUT2D eigenvalue weighted by atomic mass is 9.90. The number of amides is 2. The molecule has 3 N–H and O–H groups in total. The minimum Gasteiger partial charge on any atom is -0.340 e. The Labute approximate surface area is 160 Å². The molecule has 2 atom stereocenters. The largest absolute Gasteiger partial charge is 0.340 e. The molecule has 0 radical (unpaired) electrons. The van der Waals surface area contributed by atoms with Gasteiger partial charge in [-0.2, -0.15) is 0 Å². The van der Waals surface area contributed by atoms with Crippen LogP contribution in [0.25, 0.3) is 0 Å². The molecule has 1 fully saturated rings. The summed E-state index contributed by atoms with van der Waals surface area (Å²) in [6, 6.07) is 18.2. The van der Waals surface area contributed by atoms with E-state index in [9.17, 15) is 9.59 Å². The van der Waals surface area contributed by atoms with Crippen LogP contribution < -0.4 is 11.1 Å². The Kier molecular flexibility index (Phi) is 5.91. The Balaban J connectivity index is 1.77. The van der Waals surface area contributed by atoms with Gasteiger partial charge in [-0.25, -0.2) is 0 Å². The molecule has 1 saturated heterocycles. The van der Waals surface area contributed by atoms with Crippen LogP contribution in [0.1, 0.15) is 29.3 Å². The monoisotopic (exact) mass is 365 g/mol. The van der Waals surface area contributed by atoms with E-state index in [4.69, 9.17) is 5.73 Å². The zero-order valence-corrected chi connectivity index (χ0v) is 15.7. The van der Waals surface area contributed by atoms with Crippen LogP contribution >= 0.6 is 0 Å². The zero-order chi connectivity index (χ0) is 19.3. The van der Waals surface area contributed by atoms with Crippen molar-refractivity contribution in [1.29, 1.82) is 0 Å². The maximum absolute atomic E-state index is 13.2. The van der Waals surface area contributed by atoms with Crippen LogP contribution in [0.4, 0.5) is 0 Å². The summed E-state index contributed by atoms with van der Waals surface area (Å²) in [5.74, 6) is -0.272. The van der Waals surface area contributed by atoms with Crippen molar-refractivity contribution in [1.82, 2.24) is 10.2 Å². The Morgan fingerprint density at radius 2 is 1.74 bits per heavy atom. The predicted octanol–water partition coefficient (Wildman–Crippen LogP) is 2.22. The third kappa shape index (κ3) is 4.74. The summed E-state index contributed by atoms with van der Waals surface area (Å²) in [5.41, 5.74) is 7.40. The third-order valence-electron chi connectivity index (χ3n) is 5.28. The second-order valence-corrected chi connectivity index (χ2v) is 7.61. The van der Waals surface area contributed by atoms with Gasteiger partial charge in [-0.1, -0.05) is 55.5 Å². The van der Waals surface area contributed by atoms with E-state index in [1.807, 2.05) is 53.4 Å². The normalized spacial score (nSPS) is 20.3. The zero-order valence-electron chi connectivity index (χ0n) is 15.7. The van der Waals surface area contributed by atoms with Crippen LogP contribution in [0.15, 0.2) is 60.7 Å². The van der Waals surface area contributed by atoms with Gasteiger partial charge < -0.3 is 16.0 Å². The number of carbonyl (C=O) groups excluding carboxylic acids is 2. The van der Waals surface area contributed by atoms with E-state index < -0.39 is 6.04 Å². The third-order valence-corrected chi connectivity index (χ3v) is 5.28. The van der Waals surface area contributed by atoms with Gasteiger partial charge in [-0.3, -0.25) is 9.59 Å². The minimum atomic E-state index is -0.597. The summed E-state index contributed by atoms with van der Waals surface area (Å²) < 4.78 is 0. The Morgan fingerprint density at radius 3 is 2.33 bits per heavy atom. The standard InChI is InChI=1S/C22H27N3O2/c1-22(15-23)12-13-25(16-22)21(27)19(14-17-8-4-2-5-9-17)24-20(26)18-10-6-3-7-11-18/h2-11,19H,12-16,23H2,1H3,(H,24,26). The fourth-order valence-electron chi connectivity index (χ4n) is 3.48. The summed E-state index contributed by atoms with van der Waals surface area (Å²) in [6.07, 6.45) is 1.36. The van der Waals surface area contributed by atoms with Gasteiger partial charge in [0.15, 0.2) is 0 Å². The highest BCUT2D eigenvalue weighted by Gasteiger charge is 2.37. The summed E-state index contributed by atoms with van der Waals surface area (Å²) >= 11 is 0. The van der Waals surface area contributed by atoms with E-state index in [1.54, 1.807) is 12.1 Å². The highest BCUT2D eigenvalue weighted by Crippen LogP contribution is 2.29. The Hall–Kier alpha value is -2.66. The second kappa shape index (κ2) is 8.35. The van der Waals surface area contributed by atoms with E-state index in [0.29, 0.717) is 31.6 Å². The Bertz CT molecular complexity index is 779. The lowest BCUT2D eigenvalue weighted by molar-refractivity contribution is -0.132. The first-order valence-corrected chi connectivity index (χ1v) is 9.39. The van der Waals surface area contributed by atoms with Crippen molar-refractivity contribution < 1.29 is 9.59 Å². The van der Waals surface area contributed by atoms with Gasteiger partial charge in [0.2, 0.25) is 5.91 Å². The van der Waals surface area contributed by atoms with Gasteiger partial charge in [0.25, 0.3) is 5.91 Å². The van der Waals surface area contributed by atoms with E-state index in [0.717, 1.165) is 12.0 Å². The molecule has 0 bridgehead atoms. The maximum Gasteiger partial charge on any atom is 0.251 e. The molecule has 3 rings (SSSR count). The number of nitrogens with two attached hydrogens (primary N) is 1. The Morgan fingerprint density at radius 1 is 1.11 bits per heavy atom. The van der Waals surface area contributed by atoms with Crippen LogP contribution in [-0.4, -0.2) is 42.4 Å². The van der Waals surface area contributed by atoms with Crippen LogP contribution in [0.5, 0.6) is 0 Å². The van der Waals surface area contributed by atoms with E-state index in [-0.39, 0.29) is 17.2 Å². The minimum absolute atomic E-state index is 0.0414. The topological polar surface area (TPSA) is 75.4 Å². The van der Waals surface area contributed by atoms with Crippen molar-refractivity contribution >= 4 is 11.8 Å². The molecule has 142 valence electrons. The number of carbonyl (C=O) groups is 2. The lowest BCUT2D eigenvalue weighted by Gasteiger charge is -2.27. The number of hydrogen-bond donors (Lipinski definition) is 2. The van der Waals surface area contributed by atoms with Gasteiger partial charge in [0.1, 0.15) is 6.04 Å². The van der Waals surface area contributed by atoms with Crippen molar-refractivity contribution in [3.05, 3.63) is 71.8 Å². The SMILES string of the molecule is CC1(CN)CCN(C(=O)C(Cc2ccccc2)NC(=O)c2ccccc2)C1. The molecule has 0 aromatic heterocycles. The van der Waals surface area contributed by atoms with Crippen molar-refractivity contribution in [2.45, 2.75) is 25.8 Å². The number of nitrogens with zero attached hydrogens (tertiary/aromatic N) is 1. The molecular formula is C22H27N3O2. The summed E-state index contributed by atoms with van der Waals surface area (Å²) in [4.78, 5) is 27.7. The number of hydrogen-bond acceptors (Lipinski definition) is 3. The lowest BCUT2D eigenvalue weighted by Crippen LogP contribution is -2.49. The van der Waals surface area contributed by atoms with Gasteiger partial charge in [0.05, 0.1) is 0 Å². The van der Waals surface area contributed by atoms with E-state index >= 15 is 0 Å². The molecule has 1 heterocycles. The van der Waals surface area contributed by atoms with Crippen LogP contribution in [-0.2, 0) is 11.2 Å². The fraction of sp³-hybridized carbons (Fsp3) is 0.364. The second-order valence-electron chi connectivity index (χ2n) is 7.61. The molecule has 2 amide bonds. The average molecular weight is 365 g/mol. The molecule has 5 heteroatoms. The molecule has 2 aromatic carbocycles. The number of likely N-dealkylation sites (tertiary alicyclic amines) is 1. The van der Waals surface area contributed by atoms with Gasteiger partial charge >= 0.3 is 0 Å². The van der Waals surface area contributed by atoms with Crippen molar-refractivity contribution in [3.63, 3.8) is 0 Å². The molecule has 1 aliphatic heterocycles. The first kappa shape index (κ1) is 19.1. The number of benzene rings is 2. The van der Waals surface area contributed by atoms with E-state index in [2.05, 4.69) is 12.2 Å².